The number of ether oxygens (including phenoxy) is 1. The molecule has 0 saturated heterocycles. The number of nitrogens with zero attached hydrogens (tertiary/aromatic N) is 3. The van der Waals surface area contributed by atoms with Crippen molar-refractivity contribution in [1.82, 2.24) is 9.66 Å². The molecule has 0 fully saturated rings. The molecule has 0 aliphatic heterocycles. The smallest absolute Gasteiger partial charge is 0.282 e. The predicted octanol–water partition coefficient (Wildman–Crippen LogP) is 5.07. The molecular weight excluding hydrogens is 430 g/mol. The Kier molecular flexibility index (Phi) is 5.27. The maximum Gasteiger partial charge on any atom is 0.282 e. The first-order valence-corrected chi connectivity index (χ1v) is 9.86. The van der Waals surface area contributed by atoms with Crippen molar-refractivity contribution in [2.45, 2.75) is 6.92 Å². The minimum atomic E-state index is -0.223. The van der Waals surface area contributed by atoms with Gasteiger partial charge in [0.05, 0.1) is 17.1 Å². The number of hydrogen-bond acceptors (Lipinski definition) is 4. The minimum absolute atomic E-state index is 0.223. The predicted molar refractivity (Wildman–Crippen MR) is 121 cm³/mol. The van der Waals surface area contributed by atoms with Crippen LogP contribution < -0.4 is 10.3 Å². The summed E-state index contributed by atoms with van der Waals surface area (Å²) in [5.74, 6) is 1.18. The summed E-state index contributed by atoms with van der Waals surface area (Å²) in [6.07, 6.45) is 3.34. The molecule has 0 bridgehead atoms. The molecule has 144 valence electrons. The lowest BCUT2D eigenvalue weighted by Gasteiger charge is -2.11. The van der Waals surface area contributed by atoms with E-state index in [1.807, 2.05) is 48.5 Å². The Labute approximate surface area is 176 Å². The van der Waals surface area contributed by atoms with Gasteiger partial charge in [-0.1, -0.05) is 58.9 Å². The molecule has 1 aromatic heterocycles. The highest BCUT2D eigenvalue weighted by Gasteiger charge is 2.10. The van der Waals surface area contributed by atoms with E-state index in [4.69, 9.17) is 4.74 Å². The lowest BCUT2D eigenvalue weighted by molar-refractivity contribution is 0.363. The van der Waals surface area contributed by atoms with Gasteiger partial charge in [-0.25, -0.2) is 4.98 Å². The molecule has 1 heterocycles. The standard InChI is InChI=1S/C23H18BrN3O2/c1-3-12-29-22-11-8-16-6-4-5-7-18(16)20(22)14-25-27-15(2)26-21-10-9-17(24)13-19(21)23(27)28/h3-11,13-14H,1,12H2,2H3. The summed E-state index contributed by atoms with van der Waals surface area (Å²) in [5, 5.41) is 7.02. The van der Waals surface area contributed by atoms with E-state index in [1.165, 1.54) is 4.68 Å². The highest BCUT2D eigenvalue weighted by molar-refractivity contribution is 9.10. The Balaban J connectivity index is 1.89. The molecule has 0 unspecified atom stereocenters. The van der Waals surface area contributed by atoms with Crippen molar-refractivity contribution in [2.75, 3.05) is 6.61 Å². The van der Waals surface area contributed by atoms with E-state index in [-0.39, 0.29) is 5.56 Å². The van der Waals surface area contributed by atoms with Crippen molar-refractivity contribution in [1.29, 1.82) is 0 Å². The maximum atomic E-state index is 13.0. The van der Waals surface area contributed by atoms with Crippen LogP contribution in [-0.4, -0.2) is 22.5 Å². The Morgan fingerprint density at radius 2 is 2.00 bits per heavy atom. The van der Waals surface area contributed by atoms with Gasteiger partial charge in [0.2, 0.25) is 0 Å². The molecule has 29 heavy (non-hydrogen) atoms. The first-order chi connectivity index (χ1) is 14.1. The zero-order valence-corrected chi connectivity index (χ0v) is 17.4. The molecular formula is C23H18BrN3O2. The molecule has 0 aliphatic rings. The number of hydrogen-bond donors (Lipinski definition) is 0. The summed E-state index contributed by atoms with van der Waals surface area (Å²) in [6, 6.07) is 17.3. The number of benzene rings is 3. The van der Waals surface area contributed by atoms with Crippen LogP contribution in [0.3, 0.4) is 0 Å². The van der Waals surface area contributed by atoms with Crippen LogP contribution in [0.15, 0.2) is 81.6 Å². The lowest BCUT2D eigenvalue weighted by atomic mass is 10.0. The van der Waals surface area contributed by atoms with E-state index in [1.54, 1.807) is 25.3 Å². The fraction of sp³-hybridized carbons (Fsp3) is 0.0870. The number of aryl methyl sites for hydroxylation is 1. The van der Waals surface area contributed by atoms with Crippen LogP contribution in [0.2, 0.25) is 0 Å². The molecule has 0 aliphatic carbocycles. The normalized spacial score (nSPS) is 11.4. The van der Waals surface area contributed by atoms with Crippen molar-refractivity contribution in [3.05, 3.63) is 93.5 Å². The fourth-order valence-corrected chi connectivity index (χ4v) is 3.56. The molecule has 0 spiro atoms. The van der Waals surface area contributed by atoms with Crippen LogP contribution in [0.4, 0.5) is 0 Å². The summed E-state index contributed by atoms with van der Waals surface area (Å²) >= 11 is 3.41. The quantitative estimate of drug-likeness (QED) is 0.317. The Morgan fingerprint density at radius 3 is 2.83 bits per heavy atom. The third kappa shape index (κ3) is 3.71. The molecule has 3 aromatic carbocycles. The van der Waals surface area contributed by atoms with Gasteiger partial charge in [0.15, 0.2) is 0 Å². The second kappa shape index (κ2) is 8.01. The van der Waals surface area contributed by atoms with Crippen LogP contribution in [0, 0.1) is 6.92 Å². The SMILES string of the molecule is C=CCOc1ccc2ccccc2c1C=Nn1c(C)nc2ccc(Br)cc2c1=O. The van der Waals surface area contributed by atoms with E-state index >= 15 is 0 Å². The summed E-state index contributed by atoms with van der Waals surface area (Å²) in [6.45, 7) is 5.85. The van der Waals surface area contributed by atoms with Crippen molar-refractivity contribution in [3.63, 3.8) is 0 Å². The third-order valence-corrected chi connectivity index (χ3v) is 5.05. The van der Waals surface area contributed by atoms with E-state index in [2.05, 4.69) is 32.6 Å². The summed E-state index contributed by atoms with van der Waals surface area (Å²) < 4.78 is 7.94. The molecule has 4 aromatic rings. The topological polar surface area (TPSA) is 56.5 Å². The molecule has 0 radical (unpaired) electrons. The van der Waals surface area contributed by atoms with Gasteiger partial charge in [-0.05, 0) is 42.0 Å². The monoisotopic (exact) mass is 447 g/mol. The second-order valence-corrected chi connectivity index (χ2v) is 7.40. The fourth-order valence-electron chi connectivity index (χ4n) is 3.19. The van der Waals surface area contributed by atoms with E-state index < -0.39 is 0 Å². The summed E-state index contributed by atoms with van der Waals surface area (Å²) in [7, 11) is 0. The Hall–Kier alpha value is -3.25. The maximum absolute atomic E-state index is 13.0. The van der Waals surface area contributed by atoms with Gasteiger partial charge < -0.3 is 4.74 Å². The lowest BCUT2D eigenvalue weighted by Crippen LogP contribution is -2.20. The molecule has 6 heteroatoms. The van der Waals surface area contributed by atoms with Crippen molar-refractivity contribution in [2.24, 2.45) is 5.10 Å². The van der Waals surface area contributed by atoms with Crippen LogP contribution in [-0.2, 0) is 0 Å². The molecule has 0 N–H and O–H groups in total. The van der Waals surface area contributed by atoms with Gasteiger partial charge in [0.25, 0.3) is 5.56 Å². The zero-order valence-electron chi connectivity index (χ0n) is 15.8. The van der Waals surface area contributed by atoms with Crippen molar-refractivity contribution < 1.29 is 4.74 Å². The summed E-state index contributed by atoms with van der Waals surface area (Å²) in [4.78, 5) is 17.5. The highest BCUT2D eigenvalue weighted by Crippen LogP contribution is 2.27. The van der Waals surface area contributed by atoms with Crippen molar-refractivity contribution in [3.8, 4) is 5.75 Å². The molecule has 0 atom stereocenters. The van der Waals surface area contributed by atoms with Gasteiger partial charge >= 0.3 is 0 Å². The Bertz CT molecular complexity index is 1330. The number of rotatable bonds is 5. The number of aromatic nitrogens is 2. The molecule has 4 rings (SSSR count). The minimum Gasteiger partial charge on any atom is -0.489 e. The van der Waals surface area contributed by atoms with Gasteiger partial charge in [-0.2, -0.15) is 9.78 Å². The van der Waals surface area contributed by atoms with Gasteiger partial charge in [-0.3, -0.25) is 4.79 Å². The Morgan fingerprint density at radius 1 is 1.17 bits per heavy atom. The van der Waals surface area contributed by atoms with Crippen LogP contribution in [0.1, 0.15) is 11.4 Å². The van der Waals surface area contributed by atoms with Gasteiger partial charge in [-0.15, -0.1) is 0 Å². The average Bonchev–Trinajstić information content (AvgIpc) is 2.73. The van der Waals surface area contributed by atoms with E-state index in [9.17, 15) is 4.79 Å². The largest absolute Gasteiger partial charge is 0.489 e. The summed E-state index contributed by atoms with van der Waals surface area (Å²) in [5.41, 5.74) is 1.21. The molecule has 5 nitrogen and oxygen atoms in total. The van der Waals surface area contributed by atoms with Crippen molar-refractivity contribution >= 4 is 43.8 Å². The second-order valence-electron chi connectivity index (χ2n) is 6.48. The van der Waals surface area contributed by atoms with Gasteiger partial charge in [0, 0.05) is 10.0 Å². The van der Waals surface area contributed by atoms with Crippen LogP contribution in [0.25, 0.3) is 21.7 Å². The zero-order chi connectivity index (χ0) is 20.4. The van der Waals surface area contributed by atoms with E-state index in [0.29, 0.717) is 29.1 Å². The number of fused-ring (bicyclic) bond motifs is 2. The first-order valence-electron chi connectivity index (χ1n) is 9.07. The van der Waals surface area contributed by atoms with Crippen LogP contribution in [0.5, 0.6) is 5.75 Å². The highest BCUT2D eigenvalue weighted by atomic mass is 79.9. The molecule has 0 amide bonds. The van der Waals surface area contributed by atoms with Crippen LogP contribution >= 0.6 is 15.9 Å². The average molecular weight is 448 g/mol. The number of halogens is 1. The third-order valence-electron chi connectivity index (χ3n) is 4.56. The first kappa shape index (κ1) is 19.1. The van der Waals surface area contributed by atoms with E-state index in [0.717, 1.165) is 20.8 Å². The molecule has 0 saturated carbocycles. The van der Waals surface area contributed by atoms with Gasteiger partial charge in [0.1, 0.15) is 18.2 Å².